The van der Waals surface area contributed by atoms with Gasteiger partial charge in [0.15, 0.2) is 0 Å². The molecule has 0 saturated carbocycles. The second-order valence-corrected chi connectivity index (χ2v) is 5.55. The summed E-state index contributed by atoms with van der Waals surface area (Å²) < 4.78 is 5.52. The standard InChI is InChI=1S/C14H20N2OS/c1-2-12-11-17-9-8-16(12)10-14-6-5-13(18-14)4-3-7-15/h5-6,12H,2,7-11,15H2,1H3. The molecule has 0 amide bonds. The zero-order chi connectivity index (χ0) is 12.8. The highest BCUT2D eigenvalue weighted by molar-refractivity contribution is 7.12. The molecule has 1 fully saturated rings. The first-order valence-corrected chi connectivity index (χ1v) is 7.24. The predicted octanol–water partition coefficient (Wildman–Crippen LogP) is 1.67. The number of ether oxygens (including phenoxy) is 1. The summed E-state index contributed by atoms with van der Waals surface area (Å²) in [7, 11) is 0. The number of morpholine rings is 1. The lowest BCUT2D eigenvalue weighted by atomic mass is 10.2. The summed E-state index contributed by atoms with van der Waals surface area (Å²) in [4.78, 5) is 4.99. The maximum atomic E-state index is 5.52. The van der Waals surface area contributed by atoms with Gasteiger partial charge in [0.2, 0.25) is 0 Å². The van der Waals surface area contributed by atoms with Crippen molar-refractivity contribution >= 4 is 11.3 Å². The zero-order valence-corrected chi connectivity index (χ0v) is 11.6. The van der Waals surface area contributed by atoms with Gasteiger partial charge in [-0.25, -0.2) is 0 Å². The Morgan fingerprint density at radius 3 is 3.22 bits per heavy atom. The number of rotatable bonds is 3. The van der Waals surface area contributed by atoms with E-state index in [9.17, 15) is 0 Å². The van der Waals surface area contributed by atoms with Crippen LogP contribution in [-0.4, -0.2) is 37.2 Å². The molecule has 2 rings (SSSR count). The minimum atomic E-state index is 0.425. The van der Waals surface area contributed by atoms with Gasteiger partial charge in [-0.05, 0) is 18.6 Å². The molecule has 1 unspecified atom stereocenters. The van der Waals surface area contributed by atoms with Crippen LogP contribution in [-0.2, 0) is 11.3 Å². The highest BCUT2D eigenvalue weighted by Crippen LogP contribution is 2.20. The minimum absolute atomic E-state index is 0.425. The molecule has 4 heteroatoms. The van der Waals surface area contributed by atoms with E-state index < -0.39 is 0 Å². The number of nitrogens with two attached hydrogens (primary N) is 1. The average Bonchev–Trinajstić information content (AvgIpc) is 2.84. The van der Waals surface area contributed by atoms with Gasteiger partial charge in [0, 0.05) is 24.0 Å². The maximum Gasteiger partial charge on any atom is 0.0772 e. The lowest BCUT2D eigenvalue weighted by molar-refractivity contribution is -0.0122. The number of hydrogen-bond donors (Lipinski definition) is 1. The van der Waals surface area contributed by atoms with Crippen molar-refractivity contribution in [3.63, 3.8) is 0 Å². The van der Waals surface area contributed by atoms with Gasteiger partial charge in [-0.3, -0.25) is 4.90 Å². The lowest BCUT2D eigenvalue weighted by Crippen LogP contribution is -2.44. The van der Waals surface area contributed by atoms with E-state index in [0.717, 1.165) is 37.6 Å². The summed E-state index contributed by atoms with van der Waals surface area (Å²) in [5.41, 5.74) is 5.38. The van der Waals surface area contributed by atoms with Gasteiger partial charge in [-0.1, -0.05) is 18.8 Å². The van der Waals surface area contributed by atoms with E-state index in [1.807, 2.05) is 0 Å². The first-order chi connectivity index (χ1) is 8.83. The molecule has 18 heavy (non-hydrogen) atoms. The van der Waals surface area contributed by atoms with Crippen molar-refractivity contribution < 1.29 is 4.74 Å². The van der Waals surface area contributed by atoms with Crippen LogP contribution < -0.4 is 5.73 Å². The molecule has 0 radical (unpaired) electrons. The molecule has 0 aromatic carbocycles. The highest BCUT2D eigenvalue weighted by atomic mass is 32.1. The van der Waals surface area contributed by atoms with Crippen molar-refractivity contribution in [2.45, 2.75) is 25.9 Å². The van der Waals surface area contributed by atoms with Crippen molar-refractivity contribution in [3.05, 3.63) is 21.9 Å². The largest absolute Gasteiger partial charge is 0.378 e. The van der Waals surface area contributed by atoms with E-state index in [-0.39, 0.29) is 0 Å². The monoisotopic (exact) mass is 264 g/mol. The van der Waals surface area contributed by atoms with Gasteiger partial charge >= 0.3 is 0 Å². The van der Waals surface area contributed by atoms with Crippen molar-refractivity contribution in [3.8, 4) is 11.8 Å². The highest BCUT2D eigenvalue weighted by Gasteiger charge is 2.21. The first kappa shape index (κ1) is 13.6. The Balaban J connectivity index is 1.97. The van der Waals surface area contributed by atoms with Gasteiger partial charge in [-0.15, -0.1) is 11.3 Å². The normalized spacial score (nSPS) is 20.4. The Morgan fingerprint density at radius 2 is 2.44 bits per heavy atom. The molecule has 2 heterocycles. The first-order valence-electron chi connectivity index (χ1n) is 6.43. The van der Waals surface area contributed by atoms with Crippen LogP contribution in [0.4, 0.5) is 0 Å². The Hall–Kier alpha value is -0.860. The second-order valence-electron chi connectivity index (χ2n) is 4.38. The Kier molecular flexibility index (Phi) is 5.21. The molecule has 0 spiro atoms. The van der Waals surface area contributed by atoms with Crippen LogP contribution in [0.25, 0.3) is 0 Å². The number of thiophene rings is 1. The van der Waals surface area contributed by atoms with Crippen molar-refractivity contribution in [2.75, 3.05) is 26.3 Å². The lowest BCUT2D eigenvalue weighted by Gasteiger charge is -2.34. The summed E-state index contributed by atoms with van der Waals surface area (Å²) in [6.45, 7) is 6.40. The van der Waals surface area contributed by atoms with E-state index in [0.29, 0.717) is 12.6 Å². The molecule has 1 aromatic heterocycles. The molecular weight excluding hydrogens is 244 g/mol. The molecule has 3 nitrogen and oxygen atoms in total. The molecule has 1 atom stereocenters. The van der Waals surface area contributed by atoms with Gasteiger partial charge in [-0.2, -0.15) is 0 Å². The van der Waals surface area contributed by atoms with E-state index in [1.165, 1.54) is 4.88 Å². The SMILES string of the molecule is CCC1COCCN1Cc1ccc(C#CCN)s1. The van der Waals surface area contributed by atoms with E-state index in [2.05, 4.69) is 35.8 Å². The Bertz CT molecular complexity index is 432. The third kappa shape index (κ3) is 3.56. The fraction of sp³-hybridized carbons (Fsp3) is 0.571. The van der Waals surface area contributed by atoms with Crippen LogP contribution in [0.3, 0.4) is 0 Å². The number of nitrogens with zero attached hydrogens (tertiary/aromatic N) is 1. The van der Waals surface area contributed by atoms with Crippen LogP contribution in [0.5, 0.6) is 0 Å². The van der Waals surface area contributed by atoms with Gasteiger partial charge < -0.3 is 10.5 Å². The molecule has 0 aliphatic carbocycles. The van der Waals surface area contributed by atoms with Crippen LogP contribution in [0.2, 0.25) is 0 Å². The van der Waals surface area contributed by atoms with Gasteiger partial charge in [0.05, 0.1) is 24.6 Å². The fourth-order valence-corrected chi connectivity index (χ4v) is 3.05. The van der Waals surface area contributed by atoms with Crippen molar-refractivity contribution in [2.24, 2.45) is 5.73 Å². The van der Waals surface area contributed by atoms with Gasteiger partial charge in [0.1, 0.15) is 0 Å². The molecule has 2 N–H and O–H groups in total. The smallest absolute Gasteiger partial charge is 0.0772 e. The second kappa shape index (κ2) is 6.91. The summed E-state index contributed by atoms with van der Waals surface area (Å²) in [5.74, 6) is 5.98. The molecule has 98 valence electrons. The average molecular weight is 264 g/mol. The molecular formula is C14H20N2OS. The Labute approximate surface area is 113 Å². The van der Waals surface area contributed by atoms with E-state index in [1.54, 1.807) is 11.3 Å². The summed E-state index contributed by atoms with van der Waals surface area (Å²) in [6.07, 6.45) is 1.14. The zero-order valence-electron chi connectivity index (χ0n) is 10.8. The third-order valence-corrected chi connectivity index (χ3v) is 4.14. The summed E-state index contributed by atoms with van der Waals surface area (Å²) in [6, 6.07) is 4.82. The molecule has 1 saturated heterocycles. The van der Waals surface area contributed by atoms with Crippen LogP contribution in [0.1, 0.15) is 23.1 Å². The van der Waals surface area contributed by atoms with Crippen molar-refractivity contribution in [1.29, 1.82) is 0 Å². The maximum absolute atomic E-state index is 5.52. The molecule has 1 aromatic rings. The fourth-order valence-electron chi connectivity index (χ4n) is 2.14. The molecule has 1 aliphatic rings. The number of hydrogen-bond acceptors (Lipinski definition) is 4. The van der Waals surface area contributed by atoms with Crippen LogP contribution in [0.15, 0.2) is 12.1 Å². The summed E-state index contributed by atoms with van der Waals surface area (Å²) in [5, 5.41) is 0. The van der Waals surface area contributed by atoms with Crippen LogP contribution >= 0.6 is 11.3 Å². The van der Waals surface area contributed by atoms with E-state index >= 15 is 0 Å². The third-order valence-electron chi connectivity index (χ3n) is 3.15. The molecule has 0 bridgehead atoms. The minimum Gasteiger partial charge on any atom is -0.378 e. The quantitative estimate of drug-likeness (QED) is 0.844. The van der Waals surface area contributed by atoms with Crippen LogP contribution in [0, 0.1) is 11.8 Å². The van der Waals surface area contributed by atoms with Gasteiger partial charge in [0.25, 0.3) is 0 Å². The summed E-state index contributed by atoms with van der Waals surface area (Å²) >= 11 is 1.77. The van der Waals surface area contributed by atoms with E-state index in [4.69, 9.17) is 10.5 Å². The van der Waals surface area contributed by atoms with Crippen molar-refractivity contribution in [1.82, 2.24) is 4.90 Å². The topological polar surface area (TPSA) is 38.5 Å². The molecule has 1 aliphatic heterocycles. The predicted molar refractivity (Wildman–Crippen MR) is 75.6 cm³/mol. The Morgan fingerprint density at radius 1 is 1.56 bits per heavy atom.